The first-order chi connectivity index (χ1) is 10.1. The molecule has 1 heterocycles. The van der Waals surface area contributed by atoms with Gasteiger partial charge in [-0.3, -0.25) is 19.8 Å². The number of hydrogen-bond acceptors (Lipinski definition) is 5. The Morgan fingerprint density at radius 1 is 1.48 bits per heavy atom. The van der Waals surface area contributed by atoms with Crippen molar-refractivity contribution < 1.29 is 14.3 Å². The van der Waals surface area contributed by atoms with Gasteiger partial charge < -0.3 is 4.74 Å². The van der Waals surface area contributed by atoms with E-state index in [-0.39, 0.29) is 30.9 Å². The topological polar surface area (TPSA) is 82.4 Å². The van der Waals surface area contributed by atoms with E-state index in [2.05, 4.69) is 5.32 Å². The van der Waals surface area contributed by atoms with Crippen LogP contribution < -0.4 is 10.1 Å². The molecule has 0 aromatic heterocycles. The molecule has 1 aromatic carbocycles. The molecule has 1 saturated heterocycles. The lowest BCUT2D eigenvalue weighted by Gasteiger charge is -2.31. The van der Waals surface area contributed by atoms with Crippen molar-refractivity contribution in [3.05, 3.63) is 29.3 Å². The first kappa shape index (κ1) is 15.0. The van der Waals surface area contributed by atoms with Gasteiger partial charge in [0.2, 0.25) is 11.8 Å². The fourth-order valence-electron chi connectivity index (χ4n) is 2.31. The number of imide groups is 1. The van der Waals surface area contributed by atoms with Crippen LogP contribution in [-0.2, 0) is 16.1 Å². The summed E-state index contributed by atoms with van der Waals surface area (Å²) in [6.07, 6.45) is 0.634. The van der Waals surface area contributed by atoms with Crippen molar-refractivity contribution in [2.24, 2.45) is 0 Å². The van der Waals surface area contributed by atoms with Gasteiger partial charge in [0.1, 0.15) is 11.8 Å². The highest BCUT2D eigenvalue weighted by molar-refractivity contribution is 6.01. The Balaban J connectivity index is 2.22. The number of ether oxygens (including phenoxy) is 1. The molecule has 2 rings (SSSR count). The summed E-state index contributed by atoms with van der Waals surface area (Å²) in [5.74, 6) is 0.00718. The van der Waals surface area contributed by atoms with E-state index in [1.807, 2.05) is 13.0 Å². The molecule has 0 saturated carbocycles. The fraction of sp³-hybridized carbons (Fsp3) is 0.400. The van der Waals surface area contributed by atoms with Crippen molar-refractivity contribution in [1.29, 1.82) is 5.26 Å². The van der Waals surface area contributed by atoms with Gasteiger partial charge in [0.05, 0.1) is 31.8 Å². The minimum absolute atomic E-state index is 0.158. The highest BCUT2D eigenvalue weighted by Gasteiger charge is 2.32. The Hall–Kier alpha value is -2.39. The molecule has 1 fully saturated rings. The second-order valence-electron chi connectivity index (χ2n) is 4.81. The molecule has 6 heteroatoms. The van der Waals surface area contributed by atoms with Crippen molar-refractivity contribution >= 4 is 11.8 Å². The molecule has 110 valence electrons. The van der Waals surface area contributed by atoms with Crippen LogP contribution in [0.1, 0.15) is 24.5 Å². The van der Waals surface area contributed by atoms with Gasteiger partial charge in [-0.25, -0.2) is 0 Å². The zero-order valence-corrected chi connectivity index (χ0v) is 12.0. The molecule has 0 bridgehead atoms. The Labute approximate surface area is 123 Å². The molecule has 1 N–H and O–H groups in total. The molecule has 0 aliphatic carbocycles. The average molecular weight is 287 g/mol. The molecular formula is C15H17N3O3. The fourth-order valence-corrected chi connectivity index (χ4v) is 2.31. The Kier molecular flexibility index (Phi) is 4.55. The molecule has 1 unspecified atom stereocenters. The predicted octanol–water partition coefficient (Wildman–Crippen LogP) is 0.804. The summed E-state index contributed by atoms with van der Waals surface area (Å²) >= 11 is 0. The van der Waals surface area contributed by atoms with E-state index in [9.17, 15) is 9.59 Å². The van der Waals surface area contributed by atoms with Gasteiger partial charge >= 0.3 is 0 Å². The third-order valence-corrected chi connectivity index (χ3v) is 3.50. The van der Waals surface area contributed by atoms with Gasteiger partial charge in [0, 0.05) is 0 Å². The smallest absolute Gasteiger partial charge is 0.246 e. The summed E-state index contributed by atoms with van der Waals surface area (Å²) in [6, 6.07) is 6.78. The monoisotopic (exact) mass is 287 g/mol. The maximum absolute atomic E-state index is 12.2. The molecule has 1 aliphatic rings. The molecule has 2 amide bonds. The lowest BCUT2D eigenvalue weighted by Crippen LogP contribution is -2.57. The number of benzene rings is 1. The molecule has 0 spiro atoms. The Morgan fingerprint density at radius 2 is 2.24 bits per heavy atom. The number of carbonyl (C=O) groups is 2. The van der Waals surface area contributed by atoms with Gasteiger partial charge in [0.15, 0.2) is 0 Å². The normalized spacial score (nSPS) is 18.5. The molecule has 1 atom stereocenters. The van der Waals surface area contributed by atoms with E-state index >= 15 is 0 Å². The average Bonchev–Trinajstić information content (AvgIpc) is 2.51. The molecular weight excluding hydrogens is 270 g/mol. The van der Waals surface area contributed by atoms with Crippen LogP contribution in [0.25, 0.3) is 0 Å². The van der Waals surface area contributed by atoms with Crippen LogP contribution in [0.15, 0.2) is 18.2 Å². The minimum Gasteiger partial charge on any atom is -0.495 e. The second kappa shape index (κ2) is 6.37. The van der Waals surface area contributed by atoms with Crippen molar-refractivity contribution in [3.8, 4) is 11.8 Å². The van der Waals surface area contributed by atoms with E-state index in [1.165, 1.54) is 12.0 Å². The van der Waals surface area contributed by atoms with Crippen LogP contribution in [0.2, 0.25) is 0 Å². The Morgan fingerprint density at radius 3 is 2.86 bits per heavy atom. The first-order valence-corrected chi connectivity index (χ1v) is 6.75. The van der Waals surface area contributed by atoms with E-state index in [0.29, 0.717) is 17.7 Å². The molecule has 1 aliphatic heterocycles. The van der Waals surface area contributed by atoms with Crippen LogP contribution in [0.3, 0.4) is 0 Å². The van der Waals surface area contributed by atoms with Crippen LogP contribution in [-0.4, -0.2) is 36.4 Å². The summed E-state index contributed by atoms with van der Waals surface area (Å²) in [5.41, 5.74) is 1.11. The third kappa shape index (κ3) is 3.03. The summed E-state index contributed by atoms with van der Waals surface area (Å²) in [6.45, 7) is 2.23. The number of nitrogens with zero attached hydrogens (tertiary/aromatic N) is 2. The summed E-state index contributed by atoms with van der Waals surface area (Å²) < 4.78 is 5.08. The van der Waals surface area contributed by atoms with Gasteiger partial charge in [0.25, 0.3) is 0 Å². The quantitative estimate of drug-likeness (QED) is 0.828. The molecule has 0 radical (unpaired) electrons. The third-order valence-electron chi connectivity index (χ3n) is 3.50. The molecule has 6 nitrogen and oxygen atoms in total. The number of carbonyl (C=O) groups excluding carboxylic acids is 2. The zero-order chi connectivity index (χ0) is 15.4. The SMILES string of the molecule is CCC1NCC(=O)N(Cc2ccc(OC)c(C#N)c2)C1=O. The van der Waals surface area contributed by atoms with Gasteiger partial charge in [-0.05, 0) is 24.1 Å². The van der Waals surface area contributed by atoms with Crippen molar-refractivity contribution in [3.63, 3.8) is 0 Å². The number of nitriles is 1. The first-order valence-electron chi connectivity index (χ1n) is 6.75. The summed E-state index contributed by atoms with van der Waals surface area (Å²) in [5, 5.41) is 12.0. The van der Waals surface area contributed by atoms with E-state index in [0.717, 1.165) is 5.56 Å². The maximum atomic E-state index is 12.2. The molecule has 21 heavy (non-hydrogen) atoms. The number of piperazine rings is 1. The number of amides is 2. The number of nitrogens with one attached hydrogen (secondary N) is 1. The zero-order valence-electron chi connectivity index (χ0n) is 12.0. The number of hydrogen-bond donors (Lipinski definition) is 1. The minimum atomic E-state index is -0.323. The number of methoxy groups -OCH3 is 1. The number of rotatable bonds is 4. The predicted molar refractivity (Wildman–Crippen MR) is 75.3 cm³/mol. The van der Waals surface area contributed by atoms with E-state index in [1.54, 1.807) is 18.2 Å². The van der Waals surface area contributed by atoms with E-state index in [4.69, 9.17) is 10.00 Å². The van der Waals surface area contributed by atoms with Crippen molar-refractivity contribution in [1.82, 2.24) is 10.2 Å². The van der Waals surface area contributed by atoms with Gasteiger partial charge in [-0.15, -0.1) is 0 Å². The van der Waals surface area contributed by atoms with Gasteiger partial charge in [-0.1, -0.05) is 13.0 Å². The van der Waals surface area contributed by atoms with E-state index < -0.39 is 0 Å². The highest BCUT2D eigenvalue weighted by atomic mass is 16.5. The van der Waals surface area contributed by atoms with Crippen LogP contribution >= 0.6 is 0 Å². The van der Waals surface area contributed by atoms with Crippen LogP contribution in [0, 0.1) is 11.3 Å². The van der Waals surface area contributed by atoms with Crippen LogP contribution in [0.5, 0.6) is 5.75 Å². The van der Waals surface area contributed by atoms with Gasteiger partial charge in [-0.2, -0.15) is 5.26 Å². The molecule has 1 aromatic rings. The van der Waals surface area contributed by atoms with Crippen LogP contribution in [0.4, 0.5) is 0 Å². The standard InChI is InChI=1S/C15H17N3O3/c1-3-12-15(20)18(14(19)8-17-12)9-10-4-5-13(21-2)11(6-10)7-16/h4-6,12,17H,3,8-9H2,1-2H3. The Bertz CT molecular complexity index is 607. The summed E-state index contributed by atoms with van der Waals surface area (Å²) in [4.78, 5) is 25.3. The van der Waals surface area contributed by atoms with Crippen molar-refractivity contribution in [2.45, 2.75) is 25.9 Å². The second-order valence-corrected chi connectivity index (χ2v) is 4.81. The lowest BCUT2D eigenvalue weighted by molar-refractivity contribution is -0.150. The summed E-state index contributed by atoms with van der Waals surface area (Å²) in [7, 11) is 1.49. The maximum Gasteiger partial charge on any atom is 0.246 e. The highest BCUT2D eigenvalue weighted by Crippen LogP contribution is 2.20. The largest absolute Gasteiger partial charge is 0.495 e. The van der Waals surface area contributed by atoms with Crippen molar-refractivity contribution in [2.75, 3.05) is 13.7 Å². The lowest BCUT2D eigenvalue weighted by atomic mass is 10.1.